The van der Waals surface area contributed by atoms with Crippen molar-refractivity contribution in [2.24, 2.45) is 10.7 Å². The monoisotopic (exact) mass is 284 g/mol. The molecule has 0 aromatic heterocycles. The first-order valence-electron chi connectivity index (χ1n) is 4.18. The van der Waals surface area contributed by atoms with Crippen LogP contribution in [0.2, 0.25) is 0 Å². The van der Waals surface area contributed by atoms with Crippen molar-refractivity contribution >= 4 is 29.8 Å². The highest BCUT2D eigenvalue weighted by Gasteiger charge is 2.21. The van der Waals surface area contributed by atoms with Gasteiger partial charge in [-0.3, -0.25) is 4.99 Å². The van der Waals surface area contributed by atoms with E-state index < -0.39 is 0 Å². The van der Waals surface area contributed by atoms with Crippen molar-refractivity contribution in [3.63, 3.8) is 0 Å². The summed E-state index contributed by atoms with van der Waals surface area (Å²) in [5.41, 5.74) is 5.42. The molecule has 0 amide bonds. The molecule has 0 saturated heterocycles. The topological polar surface area (TPSA) is 58.6 Å². The standard InChI is InChI=1S/C8H16N2O.HI/c1-6(9)10-7-4-2-3-5-8(7)11;/h7-8,11H,2-5H2,1H3,(H2,9,10);1H. The van der Waals surface area contributed by atoms with Gasteiger partial charge in [0.05, 0.1) is 18.0 Å². The van der Waals surface area contributed by atoms with Crippen molar-refractivity contribution in [1.82, 2.24) is 0 Å². The molecule has 12 heavy (non-hydrogen) atoms. The lowest BCUT2D eigenvalue weighted by Crippen LogP contribution is -2.29. The van der Waals surface area contributed by atoms with E-state index in [0.717, 1.165) is 19.3 Å². The van der Waals surface area contributed by atoms with Crippen LogP contribution in [0.1, 0.15) is 32.6 Å². The lowest BCUT2D eigenvalue weighted by atomic mass is 9.93. The Morgan fingerprint density at radius 2 is 2.00 bits per heavy atom. The van der Waals surface area contributed by atoms with Crippen LogP contribution >= 0.6 is 24.0 Å². The Morgan fingerprint density at radius 1 is 1.42 bits per heavy atom. The zero-order valence-corrected chi connectivity index (χ0v) is 9.69. The average molecular weight is 284 g/mol. The quantitative estimate of drug-likeness (QED) is 0.433. The maximum atomic E-state index is 9.46. The first-order chi connectivity index (χ1) is 5.20. The van der Waals surface area contributed by atoms with Crippen molar-refractivity contribution in [3.8, 4) is 0 Å². The van der Waals surface area contributed by atoms with Crippen LogP contribution in [-0.4, -0.2) is 23.1 Å². The van der Waals surface area contributed by atoms with Crippen molar-refractivity contribution in [2.75, 3.05) is 0 Å². The summed E-state index contributed by atoms with van der Waals surface area (Å²) < 4.78 is 0. The van der Waals surface area contributed by atoms with Crippen LogP contribution in [0.4, 0.5) is 0 Å². The number of halogens is 1. The number of amidine groups is 1. The zero-order chi connectivity index (χ0) is 8.27. The first kappa shape index (κ1) is 12.2. The molecule has 1 aliphatic rings. The number of hydrogen-bond donors (Lipinski definition) is 2. The minimum atomic E-state index is -0.262. The molecule has 2 atom stereocenters. The molecule has 72 valence electrons. The molecule has 0 aromatic carbocycles. The number of hydrogen-bond acceptors (Lipinski definition) is 2. The van der Waals surface area contributed by atoms with Gasteiger partial charge in [-0.15, -0.1) is 24.0 Å². The van der Waals surface area contributed by atoms with Crippen LogP contribution < -0.4 is 5.73 Å². The predicted octanol–water partition coefficient (Wildman–Crippen LogP) is 1.28. The maximum absolute atomic E-state index is 9.46. The van der Waals surface area contributed by atoms with Gasteiger partial charge in [0.1, 0.15) is 0 Å². The highest BCUT2D eigenvalue weighted by molar-refractivity contribution is 14.0. The van der Waals surface area contributed by atoms with Gasteiger partial charge in [-0.1, -0.05) is 12.8 Å². The summed E-state index contributed by atoms with van der Waals surface area (Å²) in [6.45, 7) is 1.77. The third-order valence-corrected chi connectivity index (χ3v) is 2.06. The van der Waals surface area contributed by atoms with Crippen molar-refractivity contribution in [2.45, 2.75) is 44.8 Å². The summed E-state index contributed by atoms with van der Waals surface area (Å²) in [6, 6.07) is 0.0637. The number of aliphatic imine (C=N–C) groups is 1. The second kappa shape index (κ2) is 5.75. The van der Waals surface area contributed by atoms with Crippen LogP contribution in [0.3, 0.4) is 0 Å². The highest BCUT2D eigenvalue weighted by atomic mass is 127. The fourth-order valence-corrected chi connectivity index (χ4v) is 1.50. The molecule has 3 N–H and O–H groups in total. The largest absolute Gasteiger partial charge is 0.391 e. The minimum Gasteiger partial charge on any atom is -0.391 e. The molecule has 0 spiro atoms. The van der Waals surface area contributed by atoms with Crippen LogP contribution in [-0.2, 0) is 0 Å². The Morgan fingerprint density at radius 3 is 2.50 bits per heavy atom. The third kappa shape index (κ3) is 3.71. The number of nitrogens with two attached hydrogens (primary N) is 1. The molecule has 1 aliphatic carbocycles. The van der Waals surface area contributed by atoms with E-state index in [1.807, 2.05) is 0 Å². The Kier molecular flexibility index (Phi) is 5.82. The van der Waals surface area contributed by atoms with Crippen molar-refractivity contribution in [3.05, 3.63) is 0 Å². The molecule has 1 fully saturated rings. The Hall–Kier alpha value is 0.160. The summed E-state index contributed by atoms with van der Waals surface area (Å²) in [7, 11) is 0. The second-order valence-electron chi connectivity index (χ2n) is 3.19. The van der Waals surface area contributed by atoms with E-state index in [1.54, 1.807) is 6.92 Å². The van der Waals surface area contributed by atoms with Gasteiger partial charge in [-0.2, -0.15) is 0 Å². The van der Waals surface area contributed by atoms with Gasteiger partial charge >= 0.3 is 0 Å². The van der Waals surface area contributed by atoms with Gasteiger partial charge in [0, 0.05) is 0 Å². The van der Waals surface area contributed by atoms with Crippen LogP contribution in [0.5, 0.6) is 0 Å². The molecule has 3 nitrogen and oxygen atoms in total. The fraction of sp³-hybridized carbons (Fsp3) is 0.875. The van der Waals surface area contributed by atoms with Crippen LogP contribution in [0.25, 0.3) is 0 Å². The van der Waals surface area contributed by atoms with E-state index in [-0.39, 0.29) is 36.1 Å². The van der Waals surface area contributed by atoms with Gasteiger partial charge < -0.3 is 10.8 Å². The summed E-state index contributed by atoms with van der Waals surface area (Å²) in [4.78, 5) is 4.16. The predicted molar refractivity (Wildman–Crippen MR) is 61.0 cm³/mol. The number of aliphatic hydroxyl groups excluding tert-OH is 1. The van der Waals surface area contributed by atoms with Crippen molar-refractivity contribution in [1.29, 1.82) is 0 Å². The van der Waals surface area contributed by atoms with E-state index in [1.165, 1.54) is 6.42 Å². The smallest absolute Gasteiger partial charge is 0.0910 e. The highest BCUT2D eigenvalue weighted by Crippen LogP contribution is 2.20. The van der Waals surface area contributed by atoms with Crippen molar-refractivity contribution < 1.29 is 5.11 Å². The van der Waals surface area contributed by atoms with E-state index in [0.29, 0.717) is 5.84 Å². The summed E-state index contributed by atoms with van der Waals surface area (Å²) in [5, 5.41) is 9.46. The lowest BCUT2D eigenvalue weighted by Gasteiger charge is -2.24. The van der Waals surface area contributed by atoms with Crippen LogP contribution in [0, 0.1) is 0 Å². The van der Waals surface area contributed by atoms with Gasteiger partial charge in [0.2, 0.25) is 0 Å². The van der Waals surface area contributed by atoms with E-state index in [4.69, 9.17) is 5.73 Å². The molecule has 0 aromatic rings. The van der Waals surface area contributed by atoms with E-state index >= 15 is 0 Å². The number of nitrogens with zero attached hydrogens (tertiary/aromatic N) is 1. The Bertz CT molecular complexity index is 157. The summed E-state index contributed by atoms with van der Waals surface area (Å²) >= 11 is 0. The average Bonchev–Trinajstić information content (AvgIpc) is 1.93. The molecular weight excluding hydrogens is 267 g/mol. The second-order valence-corrected chi connectivity index (χ2v) is 3.19. The summed E-state index contributed by atoms with van der Waals surface area (Å²) in [6.07, 6.45) is 3.88. The van der Waals surface area contributed by atoms with Gasteiger partial charge in [0.15, 0.2) is 0 Å². The van der Waals surface area contributed by atoms with Crippen LogP contribution in [0.15, 0.2) is 4.99 Å². The van der Waals surface area contributed by atoms with E-state index in [9.17, 15) is 5.11 Å². The Balaban J connectivity index is 0.00000121. The zero-order valence-electron chi connectivity index (χ0n) is 7.36. The molecule has 1 saturated carbocycles. The first-order valence-corrected chi connectivity index (χ1v) is 4.18. The maximum Gasteiger partial charge on any atom is 0.0910 e. The number of rotatable bonds is 1. The van der Waals surface area contributed by atoms with E-state index in [2.05, 4.69) is 4.99 Å². The molecule has 0 heterocycles. The Labute approximate surface area is 90.5 Å². The molecular formula is C8H17IN2O. The number of aliphatic hydroxyl groups is 1. The SMILES string of the molecule is CC(N)=NC1CCCCC1O.I. The summed E-state index contributed by atoms with van der Waals surface area (Å²) in [5.74, 6) is 0.580. The molecule has 0 aliphatic heterocycles. The molecule has 1 rings (SSSR count). The fourth-order valence-electron chi connectivity index (χ4n) is 1.50. The lowest BCUT2D eigenvalue weighted by molar-refractivity contribution is 0.109. The molecule has 4 heteroatoms. The normalized spacial score (nSPS) is 31.0. The molecule has 0 radical (unpaired) electrons. The van der Waals surface area contributed by atoms with Gasteiger partial charge in [-0.25, -0.2) is 0 Å². The third-order valence-electron chi connectivity index (χ3n) is 2.06. The minimum absolute atomic E-state index is 0. The molecule has 0 bridgehead atoms. The molecule has 2 unspecified atom stereocenters. The van der Waals surface area contributed by atoms with Gasteiger partial charge in [0.25, 0.3) is 0 Å². The van der Waals surface area contributed by atoms with Gasteiger partial charge in [-0.05, 0) is 19.8 Å².